The molecular weight excluding hydrogens is 397 g/mol. The number of hydrogen-bond donors (Lipinski definition) is 2. The number of nitrogens with one attached hydrogen (secondary N) is 2. The average molecular weight is 416 g/mol. The van der Waals surface area contributed by atoms with E-state index in [-0.39, 0.29) is 11.4 Å². The molecule has 1 heterocycles. The van der Waals surface area contributed by atoms with Crippen LogP contribution in [0.25, 0.3) is 0 Å². The largest absolute Gasteiger partial charge is 0.471 e. The summed E-state index contributed by atoms with van der Waals surface area (Å²) < 4.78 is 37.4. The first-order chi connectivity index (χ1) is 14.2. The van der Waals surface area contributed by atoms with E-state index in [4.69, 9.17) is 0 Å². The van der Waals surface area contributed by atoms with Crippen LogP contribution < -0.4 is 15.6 Å². The normalized spacial score (nSPS) is 15.4. The van der Waals surface area contributed by atoms with Crippen LogP contribution in [0.5, 0.6) is 0 Å². The molecule has 2 aromatic carbocycles. The number of halogens is 3. The lowest BCUT2D eigenvalue weighted by molar-refractivity contribution is -0.167. The first kappa shape index (κ1) is 21.1. The number of para-hydroxylation sites is 1. The molecule has 0 atom stereocenters. The Balaban J connectivity index is 1.80. The Morgan fingerprint density at radius 2 is 1.90 bits per heavy atom. The second-order valence-electron chi connectivity index (χ2n) is 6.52. The molecule has 2 aromatic rings. The predicted molar refractivity (Wildman–Crippen MR) is 109 cm³/mol. The highest BCUT2D eigenvalue weighted by molar-refractivity contribution is 6.29. The molecule has 6 nitrogen and oxygen atoms in total. The van der Waals surface area contributed by atoms with Crippen molar-refractivity contribution in [2.45, 2.75) is 26.4 Å². The Labute approximate surface area is 171 Å². The molecule has 2 N–H and O–H groups in total. The maximum absolute atomic E-state index is 12.8. The first-order valence-electron chi connectivity index (χ1n) is 9.13. The van der Waals surface area contributed by atoms with Crippen LogP contribution in [0.4, 0.5) is 30.2 Å². The molecule has 0 fully saturated rings. The number of rotatable bonds is 5. The lowest BCUT2D eigenvalue weighted by atomic mass is 10.1. The number of carbonyl (C=O) groups is 2. The molecule has 156 valence electrons. The van der Waals surface area contributed by atoms with Crippen molar-refractivity contribution in [3.05, 3.63) is 65.9 Å². The summed E-state index contributed by atoms with van der Waals surface area (Å²) in [6.07, 6.45) is -2.63. The summed E-state index contributed by atoms with van der Waals surface area (Å²) in [5, 5.41) is 10.2. The van der Waals surface area contributed by atoms with Gasteiger partial charge in [0.25, 0.3) is 5.91 Å². The van der Waals surface area contributed by atoms with Crippen LogP contribution in [0.15, 0.2) is 65.4 Å². The van der Waals surface area contributed by atoms with Crippen LogP contribution in [0.2, 0.25) is 0 Å². The fourth-order valence-electron chi connectivity index (χ4n) is 2.90. The van der Waals surface area contributed by atoms with Gasteiger partial charge in [-0.05, 0) is 43.2 Å². The highest BCUT2D eigenvalue weighted by atomic mass is 19.4. The number of aryl methyl sites for hydroxylation is 1. The number of amides is 2. The molecule has 0 unspecified atom stereocenters. The number of nitrogens with zero attached hydrogens (tertiary/aromatic N) is 2. The van der Waals surface area contributed by atoms with E-state index in [0.717, 1.165) is 22.7 Å². The van der Waals surface area contributed by atoms with E-state index < -0.39 is 18.0 Å². The van der Waals surface area contributed by atoms with Gasteiger partial charge in [-0.2, -0.15) is 23.3 Å². The molecule has 1 aliphatic heterocycles. The molecular formula is C21H19F3N4O2. The van der Waals surface area contributed by atoms with Gasteiger partial charge in [0, 0.05) is 17.6 Å². The Hall–Kier alpha value is -3.62. The van der Waals surface area contributed by atoms with Crippen LogP contribution in [0.1, 0.15) is 19.4 Å². The minimum absolute atomic E-state index is 0.0945. The maximum atomic E-state index is 12.8. The third-order valence-corrected chi connectivity index (χ3v) is 4.44. The van der Waals surface area contributed by atoms with Gasteiger partial charge in [-0.1, -0.05) is 31.2 Å². The fourth-order valence-corrected chi connectivity index (χ4v) is 2.90. The smallest absolute Gasteiger partial charge is 0.361 e. The molecule has 3 rings (SSSR count). The van der Waals surface area contributed by atoms with E-state index in [1.54, 1.807) is 18.4 Å². The maximum Gasteiger partial charge on any atom is 0.471 e. The van der Waals surface area contributed by atoms with E-state index in [2.05, 4.69) is 10.4 Å². The van der Waals surface area contributed by atoms with E-state index in [1.165, 1.54) is 24.3 Å². The van der Waals surface area contributed by atoms with Crippen LogP contribution >= 0.6 is 0 Å². The summed E-state index contributed by atoms with van der Waals surface area (Å²) in [5.74, 6) is -2.53. The SMILES string of the molecule is CCc1ccccc1NC=C1C(=O)N(c2cccc(NC(=O)C(F)(F)F)c2)N=C1C. The third kappa shape index (κ3) is 4.51. The zero-order valence-electron chi connectivity index (χ0n) is 16.2. The second-order valence-corrected chi connectivity index (χ2v) is 6.52. The van der Waals surface area contributed by atoms with Crippen molar-refractivity contribution in [2.24, 2.45) is 5.10 Å². The van der Waals surface area contributed by atoms with Gasteiger partial charge < -0.3 is 10.6 Å². The summed E-state index contributed by atoms with van der Waals surface area (Å²) in [6, 6.07) is 13.2. The molecule has 0 radical (unpaired) electrons. The lowest BCUT2D eigenvalue weighted by Crippen LogP contribution is -2.30. The highest BCUT2D eigenvalue weighted by Gasteiger charge is 2.38. The minimum Gasteiger partial charge on any atom is -0.361 e. The van der Waals surface area contributed by atoms with Crippen LogP contribution in [-0.2, 0) is 16.0 Å². The Kier molecular flexibility index (Phi) is 5.91. The quantitative estimate of drug-likeness (QED) is 0.707. The molecule has 0 aliphatic carbocycles. The van der Waals surface area contributed by atoms with Crippen molar-refractivity contribution in [1.29, 1.82) is 0 Å². The fraction of sp³-hybridized carbons (Fsp3) is 0.190. The molecule has 1 aliphatic rings. The van der Waals surface area contributed by atoms with Gasteiger partial charge in [0.1, 0.15) is 0 Å². The highest BCUT2D eigenvalue weighted by Crippen LogP contribution is 2.27. The van der Waals surface area contributed by atoms with Gasteiger partial charge in [-0.3, -0.25) is 9.59 Å². The van der Waals surface area contributed by atoms with E-state index in [9.17, 15) is 22.8 Å². The van der Waals surface area contributed by atoms with Gasteiger partial charge in [-0.15, -0.1) is 0 Å². The molecule has 0 aromatic heterocycles. The standard InChI is InChI=1S/C21H19F3N4O2/c1-3-14-7-4-5-10-18(14)25-12-17-13(2)27-28(19(17)29)16-9-6-8-15(11-16)26-20(30)21(22,23)24/h4-12,25H,3H2,1-2H3,(H,26,30). The molecule has 0 saturated heterocycles. The van der Waals surface area contributed by atoms with E-state index in [1.807, 2.05) is 31.2 Å². The van der Waals surface area contributed by atoms with E-state index in [0.29, 0.717) is 11.3 Å². The molecule has 2 amide bonds. The summed E-state index contributed by atoms with van der Waals surface area (Å²) in [5.41, 5.74) is 2.86. The predicted octanol–water partition coefficient (Wildman–Crippen LogP) is 4.47. The van der Waals surface area contributed by atoms with Gasteiger partial charge in [0.2, 0.25) is 0 Å². The summed E-state index contributed by atoms with van der Waals surface area (Å²) >= 11 is 0. The van der Waals surface area contributed by atoms with Crippen molar-refractivity contribution in [1.82, 2.24) is 0 Å². The van der Waals surface area contributed by atoms with Crippen LogP contribution in [0.3, 0.4) is 0 Å². The Morgan fingerprint density at radius 3 is 2.60 bits per heavy atom. The number of carbonyl (C=O) groups excluding carboxylic acids is 2. The van der Waals surface area contributed by atoms with Gasteiger partial charge in [0.05, 0.1) is 17.0 Å². The lowest BCUT2D eigenvalue weighted by Gasteiger charge is -2.14. The van der Waals surface area contributed by atoms with Gasteiger partial charge in [-0.25, -0.2) is 0 Å². The topological polar surface area (TPSA) is 73.8 Å². The van der Waals surface area contributed by atoms with Crippen molar-refractivity contribution in [3.63, 3.8) is 0 Å². The number of hydrazone groups is 1. The average Bonchev–Trinajstić information content (AvgIpc) is 2.99. The molecule has 0 bridgehead atoms. The summed E-state index contributed by atoms with van der Waals surface area (Å²) in [7, 11) is 0. The number of anilines is 3. The van der Waals surface area contributed by atoms with Crippen LogP contribution in [0, 0.1) is 0 Å². The van der Waals surface area contributed by atoms with Crippen molar-refractivity contribution in [3.8, 4) is 0 Å². The summed E-state index contributed by atoms with van der Waals surface area (Å²) in [4.78, 5) is 24.0. The molecule has 0 saturated carbocycles. The molecule has 30 heavy (non-hydrogen) atoms. The monoisotopic (exact) mass is 416 g/mol. The van der Waals surface area contributed by atoms with Crippen molar-refractivity contribution in [2.75, 3.05) is 15.6 Å². The Morgan fingerprint density at radius 1 is 1.17 bits per heavy atom. The number of benzene rings is 2. The third-order valence-electron chi connectivity index (χ3n) is 4.44. The van der Waals surface area contributed by atoms with E-state index >= 15 is 0 Å². The zero-order valence-corrected chi connectivity index (χ0v) is 16.2. The zero-order chi connectivity index (χ0) is 21.9. The van der Waals surface area contributed by atoms with Crippen molar-refractivity contribution >= 4 is 34.6 Å². The van der Waals surface area contributed by atoms with Crippen LogP contribution in [-0.4, -0.2) is 23.7 Å². The number of hydrogen-bond acceptors (Lipinski definition) is 4. The van der Waals surface area contributed by atoms with Gasteiger partial charge in [0.15, 0.2) is 0 Å². The number of alkyl halides is 3. The Bertz CT molecular complexity index is 1040. The van der Waals surface area contributed by atoms with Crippen molar-refractivity contribution < 1.29 is 22.8 Å². The minimum atomic E-state index is -5.01. The summed E-state index contributed by atoms with van der Waals surface area (Å²) in [6.45, 7) is 3.68. The molecule has 0 spiro atoms. The molecule has 9 heteroatoms. The van der Waals surface area contributed by atoms with Gasteiger partial charge >= 0.3 is 12.1 Å². The second kappa shape index (κ2) is 8.40. The first-order valence-corrected chi connectivity index (χ1v) is 9.13.